The van der Waals surface area contributed by atoms with Crippen molar-refractivity contribution in [3.63, 3.8) is 0 Å². The summed E-state index contributed by atoms with van der Waals surface area (Å²) in [5.74, 6) is -2.55. The molecule has 0 radical (unpaired) electrons. The van der Waals surface area contributed by atoms with Crippen LogP contribution in [0.4, 0.5) is 5.69 Å². The largest absolute Gasteiger partial charge is 0.325 e. The Bertz CT molecular complexity index is 927. The SMILES string of the molecule is CCCCCCC(C(=O)NO)S(=O)(=O)CC(=O)Nc1ccc2ccccc2c1. The molecule has 0 aliphatic heterocycles. The second-order valence-electron chi connectivity index (χ2n) is 6.73. The molecule has 2 aromatic carbocycles. The van der Waals surface area contributed by atoms with Crippen LogP contribution in [0.3, 0.4) is 0 Å². The standard InChI is InChI=1S/C20H26N2O5S/c1-2-3-4-5-10-18(20(24)22-25)28(26,27)14-19(23)21-17-12-11-15-8-6-7-9-16(15)13-17/h6-9,11-13,18,25H,2-5,10,14H2,1H3,(H,21,23)(H,22,24). The number of anilines is 1. The van der Waals surface area contributed by atoms with E-state index in [0.717, 1.165) is 30.0 Å². The summed E-state index contributed by atoms with van der Waals surface area (Å²) in [4.78, 5) is 24.1. The molecular weight excluding hydrogens is 380 g/mol. The smallest absolute Gasteiger partial charge is 0.261 e. The Labute approximate surface area is 165 Å². The van der Waals surface area contributed by atoms with Crippen molar-refractivity contribution >= 4 is 38.1 Å². The highest BCUT2D eigenvalue weighted by molar-refractivity contribution is 7.93. The molecule has 0 heterocycles. The summed E-state index contributed by atoms with van der Waals surface area (Å²) < 4.78 is 25.2. The fourth-order valence-electron chi connectivity index (χ4n) is 3.05. The summed E-state index contributed by atoms with van der Waals surface area (Å²) in [7, 11) is -4.07. The Morgan fingerprint density at radius 2 is 1.75 bits per heavy atom. The first kappa shape index (κ1) is 21.8. The highest BCUT2D eigenvalue weighted by atomic mass is 32.2. The number of amides is 2. The first-order chi connectivity index (χ1) is 13.4. The quantitative estimate of drug-likeness (QED) is 0.319. The molecule has 0 bridgehead atoms. The minimum absolute atomic E-state index is 0.0674. The van der Waals surface area contributed by atoms with E-state index in [1.807, 2.05) is 37.3 Å². The van der Waals surface area contributed by atoms with Gasteiger partial charge >= 0.3 is 0 Å². The second-order valence-corrected chi connectivity index (χ2v) is 8.91. The second kappa shape index (κ2) is 10.2. The first-order valence-electron chi connectivity index (χ1n) is 9.31. The van der Waals surface area contributed by atoms with Crippen molar-refractivity contribution in [3.05, 3.63) is 42.5 Å². The predicted octanol–water partition coefficient (Wildman–Crippen LogP) is 3.04. The van der Waals surface area contributed by atoms with E-state index in [2.05, 4.69) is 5.32 Å². The molecule has 0 aliphatic carbocycles. The third kappa shape index (κ3) is 6.03. The number of carbonyl (C=O) groups is 2. The number of hydrogen-bond donors (Lipinski definition) is 3. The van der Waals surface area contributed by atoms with E-state index in [9.17, 15) is 18.0 Å². The Kier molecular flexibility index (Phi) is 7.95. The molecule has 0 spiro atoms. The molecular formula is C20H26N2O5S. The Hall–Kier alpha value is -2.45. The average molecular weight is 407 g/mol. The number of hydroxylamine groups is 1. The highest BCUT2D eigenvalue weighted by Crippen LogP contribution is 2.19. The number of carbonyl (C=O) groups excluding carboxylic acids is 2. The van der Waals surface area contributed by atoms with E-state index in [1.54, 1.807) is 12.1 Å². The monoisotopic (exact) mass is 406 g/mol. The number of unbranched alkanes of at least 4 members (excludes halogenated alkanes) is 3. The van der Waals surface area contributed by atoms with E-state index < -0.39 is 32.7 Å². The van der Waals surface area contributed by atoms with Crippen LogP contribution in [0.2, 0.25) is 0 Å². The topological polar surface area (TPSA) is 113 Å². The zero-order valence-electron chi connectivity index (χ0n) is 15.8. The van der Waals surface area contributed by atoms with Crippen LogP contribution in [0.25, 0.3) is 10.8 Å². The summed E-state index contributed by atoms with van der Waals surface area (Å²) in [5.41, 5.74) is 1.88. The molecule has 1 unspecified atom stereocenters. The van der Waals surface area contributed by atoms with Gasteiger partial charge in [0.25, 0.3) is 5.91 Å². The van der Waals surface area contributed by atoms with Crippen LogP contribution in [0.1, 0.15) is 39.0 Å². The summed E-state index contributed by atoms with van der Waals surface area (Å²) in [6, 6.07) is 12.9. The molecule has 0 fully saturated rings. The van der Waals surface area contributed by atoms with Crippen LogP contribution in [0.15, 0.2) is 42.5 Å². The van der Waals surface area contributed by atoms with Crippen LogP contribution in [-0.4, -0.2) is 36.4 Å². The third-order valence-electron chi connectivity index (χ3n) is 4.52. The molecule has 1 atom stereocenters. The lowest BCUT2D eigenvalue weighted by Gasteiger charge is -2.15. The normalized spacial score (nSPS) is 12.5. The summed E-state index contributed by atoms with van der Waals surface area (Å²) >= 11 is 0. The fourth-order valence-corrected chi connectivity index (χ4v) is 4.59. The van der Waals surface area contributed by atoms with Gasteiger partial charge in [0.2, 0.25) is 5.91 Å². The number of rotatable bonds is 10. The first-order valence-corrected chi connectivity index (χ1v) is 11.0. The van der Waals surface area contributed by atoms with Crippen molar-refractivity contribution in [2.75, 3.05) is 11.1 Å². The molecule has 0 saturated heterocycles. The number of hydrogen-bond acceptors (Lipinski definition) is 5. The van der Waals surface area contributed by atoms with Gasteiger partial charge in [0, 0.05) is 5.69 Å². The molecule has 2 rings (SSSR count). The van der Waals surface area contributed by atoms with Crippen molar-refractivity contribution in [1.82, 2.24) is 5.48 Å². The predicted molar refractivity (Wildman–Crippen MR) is 109 cm³/mol. The average Bonchev–Trinajstić information content (AvgIpc) is 2.66. The van der Waals surface area contributed by atoms with Crippen molar-refractivity contribution in [3.8, 4) is 0 Å². The molecule has 8 heteroatoms. The van der Waals surface area contributed by atoms with Gasteiger partial charge < -0.3 is 5.32 Å². The zero-order valence-corrected chi connectivity index (χ0v) is 16.7. The van der Waals surface area contributed by atoms with Crippen LogP contribution < -0.4 is 10.8 Å². The molecule has 3 N–H and O–H groups in total. The molecule has 28 heavy (non-hydrogen) atoms. The summed E-state index contributed by atoms with van der Waals surface area (Å²) in [6.45, 7) is 2.02. The van der Waals surface area contributed by atoms with E-state index >= 15 is 0 Å². The van der Waals surface area contributed by atoms with Crippen LogP contribution in [-0.2, 0) is 19.4 Å². The summed E-state index contributed by atoms with van der Waals surface area (Å²) in [5, 5.41) is 11.9. The van der Waals surface area contributed by atoms with Gasteiger partial charge in [-0.25, -0.2) is 13.9 Å². The lowest BCUT2D eigenvalue weighted by molar-refractivity contribution is -0.128. The molecule has 7 nitrogen and oxygen atoms in total. The number of fused-ring (bicyclic) bond motifs is 1. The molecule has 0 saturated carbocycles. The van der Waals surface area contributed by atoms with Gasteiger partial charge in [-0.2, -0.15) is 0 Å². The van der Waals surface area contributed by atoms with Crippen molar-refractivity contribution in [2.45, 2.75) is 44.3 Å². The number of benzene rings is 2. The summed E-state index contributed by atoms with van der Waals surface area (Å²) in [6.07, 6.45) is 3.27. The van der Waals surface area contributed by atoms with E-state index in [4.69, 9.17) is 5.21 Å². The van der Waals surface area contributed by atoms with Crippen molar-refractivity contribution in [2.24, 2.45) is 0 Å². The molecule has 2 aromatic rings. The zero-order chi connectivity index (χ0) is 20.6. The van der Waals surface area contributed by atoms with E-state index in [1.165, 1.54) is 5.48 Å². The highest BCUT2D eigenvalue weighted by Gasteiger charge is 2.33. The van der Waals surface area contributed by atoms with E-state index in [0.29, 0.717) is 12.1 Å². The Balaban J connectivity index is 2.05. The third-order valence-corrected chi connectivity index (χ3v) is 6.50. The maximum Gasteiger partial charge on any atom is 0.261 e. The van der Waals surface area contributed by atoms with Gasteiger partial charge in [0.15, 0.2) is 9.84 Å². The van der Waals surface area contributed by atoms with Crippen LogP contribution in [0, 0.1) is 0 Å². The van der Waals surface area contributed by atoms with Gasteiger partial charge in [0.05, 0.1) is 0 Å². The van der Waals surface area contributed by atoms with Crippen molar-refractivity contribution < 1.29 is 23.2 Å². The van der Waals surface area contributed by atoms with Gasteiger partial charge in [-0.3, -0.25) is 14.8 Å². The van der Waals surface area contributed by atoms with Crippen LogP contribution >= 0.6 is 0 Å². The molecule has 152 valence electrons. The van der Waals surface area contributed by atoms with Crippen LogP contribution in [0.5, 0.6) is 0 Å². The molecule has 0 aromatic heterocycles. The van der Waals surface area contributed by atoms with E-state index in [-0.39, 0.29) is 6.42 Å². The van der Waals surface area contributed by atoms with Gasteiger partial charge in [-0.15, -0.1) is 0 Å². The Morgan fingerprint density at radius 3 is 2.43 bits per heavy atom. The lowest BCUT2D eigenvalue weighted by atomic mass is 10.1. The minimum Gasteiger partial charge on any atom is -0.325 e. The number of sulfone groups is 1. The Morgan fingerprint density at radius 1 is 1.04 bits per heavy atom. The minimum atomic E-state index is -4.07. The molecule has 2 amide bonds. The van der Waals surface area contributed by atoms with Gasteiger partial charge in [-0.05, 0) is 29.3 Å². The maximum atomic E-state index is 12.6. The number of nitrogens with one attached hydrogen (secondary N) is 2. The lowest BCUT2D eigenvalue weighted by Crippen LogP contribution is -2.41. The maximum absolute atomic E-state index is 12.6. The van der Waals surface area contributed by atoms with Crippen molar-refractivity contribution in [1.29, 1.82) is 0 Å². The fraction of sp³-hybridized carbons (Fsp3) is 0.400. The van der Waals surface area contributed by atoms with Gasteiger partial charge in [-0.1, -0.05) is 62.9 Å². The molecule has 0 aliphatic rings. The van der Waals surface area contributed by atoms with Gasteiger partial charge in [0.1, 0.15) is 11.0 Å².